The lowest BCUT2D eigenvalue weighted by atomic mass is 10.1. The van der Waals surface area contributed by atoms with Crippen molar-refractivity contribution in [1.82, 2.24) is 9.88 Å². The lowest BCUT2D eigenvalue weighted by Crippen LogP contribution is -2.21. The number of aromatic amines is 1. The third-order valence-electron chi connectivity index (χ3n) is 2.19. The number of amides is 1. The zero-order chi connectivity index (χ0) is 11.0. The number of benzene rings is 1. The van der Waals surface area contributed by atoms with E-state index in [2.05, 4.69) is 27.1 Å². The Morgan fingerprint density at radius 3 is 2.87 bits per heavy atom. The fourth-order valence-corrected chi connectivity index (χ4v) is 1.78. The minimum absolute atomic E-state index is 0.0423. The molecule has 0 aliphatic heterocycles. The van der Waals surface area contributed by atoms with Crippen molar-refractivity contribution in [2.45, 2.75) is 0 Å². The molecule has 0 unspecified atom stereocenters. The largest absolute Gasteiger partial charge is 0.353 e. The van der Waals surface area contributed by atoms with Gasteiger partial charge >= 0.3 is 0 Å². The van der Waals surface area contributed by atoms with E-state index in [9.17, 15) is 4.79 Å². The molecule has 1 aromatic carbocycles. The van der Waals surface area contributed by atoms with Crippen LogP contribution in [-0.2, 0) is 0 Å². The van der Waals surface area contributed by atoms with E-state index in [4.69, 9.17) is 0 Å². The summed E-state index contributed by atoms with van der Waals surface area (Å²) in [6.07, 6.45) is 2.88. The van der Waals surface area contributed by atoms with E-state index in [-0.39, 0.29) is 5.91 Å². The molecule has 1 N–H and O–H groups in total. The molecule has 2 aromatic rings. The first-order valence-corrected chi connectivity index (χ1v) is 5.29. The minimum Gasteiger partial charge on any atom is -0.353 e. The summed E-state index contributed by atoms with van der Waals surface area (Å²) in [6.45, 7) is 0. The number of fused-ring (bicyclic) bond motifs is 1. The molecule has 0 bridgehead atoms. The van der Waals surface area contributed by atoms with Crippen LogP contribution in [0.4, 0.5) is 0 Å². The van der Waals surface area contributed by atoms with E-state index < -0.39 is 0 Å². The summed E-state index contributed by atoms with van der Waals surface area (Å²) in [6, 6.07) is 5.76. The van der Waals surface area contributed by atoms with Crippen LogP contribution in [0.1, 0.15) is 10.4 Å². The van der Waals surface area contributed by atoms with Crippen molar-refractivity contribution in [2.75, 3.05) is 14.1 Å². The first-order valence-electron chi connectivity index (χ1n) is 4.50. The molecule has 1 aromatic heterocycles. The minimum atomic E-state index is -0.0423. The molecule has 0 fully saturated rings. The summed E-state index contributed by atoms with van der Waals surface area (Å²) >= 11 is 3.38. The molecule has 2 rings (SSSR count). The number of halogens is 1. The second kappa shape index (κ2) is 3.70. The Kier molecular flexibility index (Phi) is 2.52. The lowest BCUT2D eigenvalue weighted by molar-refractivity contribution is 0.0829. The quantitative estimate of drug-likeness (QED) is 0.845. The second-order valence-electron chi connectivity index (χ2n) is 3.51. The number of nitrogens with one attached hydrogen (secondary N) is 1. The molecule has 77 valence electrons. The van der Waals surface area contributed by atoms with Crippen LogP contribution >= 0.6 is 15.9 Å². The molecule has 4 heteroatoms. The molecule has 1 amide bonds. The van der Waals surface area contributed by atoms with Gasteiger partial charge in [-0.25, -0.2) is 0 Å². The fraction of sp³-hybridized carbons (Fsp3) is 0.182. The highest BCUT2D eigenvalue weighted by Gasteiger charge is 2.14. The first-order chi connectivity index (χ1) is 7.09. The molecule has 0 atom stereocenters. The third-order valence-corrected chi connectivity index (χ3v) is 2.69. The SMILES string of the molecule is CN(C)C(=O)c1[c][nH]c2ccc(Br)cc12. The van der Waals surface area contributed by atoms with Gasteiger partial charge in [0.2, 0.25) is 0 Å². The number of nitrogens with zero attached hydrogens (tertiary/aromatic N) is 1. The molecule has 1 heterocycles. The summed E-state index contributed by atoms with van der Waals surface area (Å²) in [5.41, 5.74) is 1.50. The number of rotatable bonds is 1. The number of H-pyrrole nitrogens is 1. The molecule has 0 saturated carbocycles. The number of hydrogen-bond donors (Lipinski definition) is 1. The fourth-order valence-electron chi connectivity index (χ4n) is 1.42. The molecule has 1 radical (unpaired) electrons. The Hall–Kier alpha value is -1.29. The van der Waals surface area contributed by atoms with Gasteiger partial charge in [-0.15, -0.1) is 0 Å². The van der Waals surface area contributed by atoms with Gasteiger partial charge < -0.3 is 9.88 Å². The van der Waals surface area contributed by atoms with Crippen LogP contribution in [0.2, 0.25) is 0 Å². The third kappa shape index (κ3) is 1.77. The van der Waals surface area contributed by atoms with E-state index in [0.717, 1.165) is 15.4 Å². The highest BCUT2D eigenvalue weighted by molar-refractivity contribution is 9.10. The van der Waals surface area contributed by atoms with Crippen molar-refractivity contribution >= 4 is 32.7 Å². The van der Waals surface area contributed by atoms with Crippen molar-refractivity contribution in [2.24, 2.45) is 0 Å². The van der Waals surface area contributed by atoms with Crippen molar-refractivity contribution in [1.29, 1.82) is 0 Å². The van der Waals surface area contributed by atoms with Crippen molar-refractivity contribution in [3.05, 3.63) is 34.4 Å². The molecule has 0 aliphatic rings. The van der Waals surface area contributed by atoms with Gasteiger partial charge in [-0.05, 0) is 18.2 Å². The average Bonchev–Trinajstić information content (AvgIpc) is 2.59. The van der Waals surface area contributed by atoms with Gasteiger partial charge in [0.1, 0.15) is 0 Å². The zero-order valence-electron chi connectivity index (χ0n) is 8.47. The van der Waals surface area contributed by atoms with Crippen LogP contribution in [0.15, 0.2) is 22.7 Å². The number of carbonyl (C=O) groups is 1. The zero-order valence-corrected chi connectivity index (χ0v) is 10.1. The van der Waals surface area contributed by atoms with E-state index in [1.165, 1.54) is 0 Å². The Balaban J connectivity index is 2.62. The predicted octanol–water partition coefficient (Wildman–Crippen LogP) is 2.43. The molecule has 0 spiro atoms. The molecule has 3 nitrogen and oxygen atoms in total. The van der Waals surface area contributed by atoms with Crippen LogP contribution in [0.25, 0.3) is 10.9 Å². The van der Waals surface area contributed by atoms with Crippen molar-refractivity contribution in [3.63, 3.8) is 0 Å². The highest BCUT2D eigenvalue weighted by Crippen LogP contribution is 2.22. The normalized spacial score (nSPS) is 10.6. The van der Waals surface area contributed by atoms with Gasteiger partial charge in [0, 0.05) is 29.5 Å². The van der Waals surface area contributed by atoms with E-state index in [0.29, 0.717) is 5.56 Å². The van der Waals surface area contributed by atoms with Gasteiger partial charge in [0.15, 0.2) is 0 Å². The molecule has 0 saturated heterocycles. The Morgan fingerprint density at radius 1 is 1.47 bits per heavy atom. The molecule has 0 aliphatic carbocycles. The van der Waals surface area contributed by atoms with Gasteiger partial charge in [0.05, 0.1) is 11.8 Å². The maximum absolute atomic E-state index is 11.8. The maximum atomic E-state index is 11.8. The standard InChI is InChI=1S/C11H10BrN2O/c1-14(2)11(15)9-6-13-10-4-3-7(12)5-8(9)10/h3-5,13H,1-2H3. The Labute approximate surface area is 96.2 Å². The van der Waals surface area contributed by atoms with Gasteiger partial charge in [0.25, 0.3) is 5.91 Å². The van der Waals surface area contributed by atoms with Crippen LogP contribution in [0.5, 0.6) is 0 Å². The summed E-state index contributed by atoms with van der Waals surface area (Å²) in [7, 11) is 3.46. The molecular formula is C11H10BrN2O. The number of aromatic nitrogens is 1. The number of hydrogen-bond acceptors (Lipinski definition) is 1. The van der Waals surface area contributed by atoms with E-state index in [1.54, 1.807) is 19.0 Å². The molecular weight excluding hydrogens is 256 g/mol. The van der Waals surface area contributed by atoms with E-state index in [1.807, 2.05) is 18.2 Å². The average molecular weight is 266 g/mol. The summed E-state index contributed by atoms with van der Waals surface area (Å²) in [4.78, 5) is 16.3. The topological polar surface area (TPSA) is 36.1 Å². The van der Waals surface area contributed by atoms with Crippen molar-refractivity contribution < 1.29 is 4.79 Å². The van der Waals surface area contributed by atoms with Crippen molar-refractivity contribution in [3.8, 4) is 0 Å². The lowest BCUT2D eigenvalue weighted by Gasteiger charge is -2.08. The predicted molar refractivity (Wildman–Crippen MR) is 62.9 cm³/mol. The Bertz CT molecular complexity index is 516. The van der Waals surface area contributed by atoms with Crippen LogP contribution in [0.3, 0.4) is 0 Å². The first kappa shape index (κ1) is 10.2. The van der Waals surface area contributed by atoms with Crippen LogP contribution in [-0.4, -0.2) is 29.9 Å². The molecule has 15 heavy (non-hydrogen) atoms. The monoisotopic (exact) mass is 265 g/mol. The van der Waals surface area contributed by atoms with Crippen LogP contribution < -0.4 is 0 Å². The smallest absolute Gasteiger partial charge is 0.256 e. The summed E-state index contributed by atoms with van der Waals surface area (Å²) < 4.78 is 0.954. The summed E-state index contributed by atoms with van der Waals surface area (Å²) in [5, 5.41) is 0.892. The van der Waals surface area contributed by atoms with E-state index >= 15 is 0 Å². The van der Waals surface area contributed by atoms with Crippen LogP contribution in [0, 0.1) is 6.20 Å². The summed E-state index contributed by atoms with van der Waals surface area (Å²) in [5.74, 6) is -0.0423. The van der Waals surface area contributed by atoms with Gasteiger partial charge in [-0.2, -0.15) is 0 Å². The highest BCUT2D eigenvalue weighted by atomic mass is 79.9. The Morgan fingerprint density at radius 2 is 2.20 bits per heavy atom. The maximum Gasteiger partial charge on any atom is 0.256 e. The van der Waals surface area contributed by atoms with Gasteiger partial charge in [-0.3, -0.25) is 4.79 Å². The van der Waals surface area contributed by atoms with Gasteiger partial charge in [-0.1, -0.05) is 15.9 Å². The number of carbonyl (C=O) groups excluding carboxylic acids is 1. The second-order valence-corrected chi connectivity index (χ2v) is 4.43.